The maximum Gasteiger partial charge on any atom is 0.405 e. The van der Waals surface area contributed by atoms with E-state index < -0.39 is 59.8 Å². The van der Waals surface area contributed by atoms with Crippen molar-refractivity contribution in [2.24, 2.45) is 17.6 Å². The van der Waals surface area contributed by atoms with Crippen molar-refractivity contribution in [3.8, 4) is 0 Å². The average Bonchev–Trinajstić information content (AvgIpc) is 3.23. The van der Waals surface area contributed by atoms with Crippen molar-refractivity contribution in [1.29, 1.82) is 0 Å². The summed E-state index contributed by atoms with van der Waals surface area (Å²) < 4.78 is 16.8. The van der Waals surface area contributed by atoms with Gasteiger partial charge in [-0.2, -0.15) is 0 Å². The van der Waals surface area contributed by atoms with Crippen LogP contribution in [0.5, 0.6) is 0 Å². The fraction of sp³-hybridized carbons (Fsp3) is 0.413. The highest BCUT2D eigenvalue weighted by Gasteiger charge is 2.34. The van der Waals surface area contributed by atoms with Crippen LogP contribution in [0.15, 0.2) is 107 Å². The summed E-state index contributed by atoms with van der Waals surface area (Å²) in [5.41, 5.74) is 8.17. The number of halogens is 1. The molecule has 1 saturated heterocycles. The number of rotatable bonds is 8. The number of nitrogens with zero attached hydrogens (tertiary/aromatic N) is 2. The van der Waals surface area contributed by atoms with E-state index in [1.165, 1.54) is 33.3 Å². The Kier molecular flexibility index (Phi) is 16.4. The molecule has 326 valence electrons. The van der Waals surface area contributed by atoms with Crippen molar-refractivity contribution in [3.05, 3.63) is 123 Å². The van der Waals surface area contributed by atoms with Gasteiger partial charge in [-0.1, -0.05) is 61.9 Å². The molecule has 0 spiro atoms. The van der Waals surface area contributed by atoms with Crippen molar-refractivity contribution in [3.63, 3.8) is 0 Å². The largest absolute Gasteiger partial charge is 0.439 e. The van der Waals surface area contributed by atoms with Gasteiger partial charge in [-0.3, -0.25) is 24.1 Å². The third-order valence-electron chi connectivity index (χ3n) is 11.2. The smallest absolute Gasteiger partial charge is 0.405 e. The molecule has 61 heavy (non-hydrogen) atoms. The van der Waals surface area contributed by atoms with E-state index in [0.29, 0.717) is 22.7 Å². The van der Waals surface area contributed by atoms with Crippen molar-refractivity contribution in [2.45, 2.75) is 71.5 Å². The number of carbonyl (C=O) groups excluding carboxylic acids is 5. The number of nitrogens with one attached hydrogen (secondary N) is 2. The summed E-state index contributed by atoms with van der Waals surface area (Å²) in [4.78, 5) is 71.5. The number of benzene rings is 2. The first-order valence-corrected chi connectivity index (χ1v) is 20.7. The number of hydrogen-bond donors (Lipinski definition) is 4. The molecule has 2 heterocycles. The van der Waals surface area contributed by atoms with Crippen LogP contribution >= 0.6 is 11.6 Å². The maximum atomic E-state index is 14.1. The molecule has 3 amide bonds. The van der Waals surface area contributed by atoms with Gasteiger partial charge in [0.2, 0.25) is 11.6 Å². The quantitative estimate of drug-likeness (QED) is 0.203. The number of hydrogen-bond acceptors (Lipinski definition) is 11. The van der Waals surface area contributed by atoms with Gasteiger partial charge in [0.1, 0.15) is 6.10 Å². The van der Waals surface area contributed by atoms with Crippen LogP contribution in [0, 0.1) is 11.8 Å². The standard InChI is InChI=1S/C46H56ClN5O9/c1-27-22-35-40(50-45(57)32-12-10-31(11-13-32)26-51-18-20-52(21-19-51)34-16-14-33(47)15-17-34)37(53)25-36(42(35)55)49-44(56)28(2)8-7-9-38(59-5)43(61-46(48)58)30(4)24-29(3)41(54)39(23-27)60-6/h7-17,24-25,27,29,38-39,41,43,54H,18-23,26H2,1-6H3,(H2,48,58)(H,49,56)(H,50,57)/b9-7-,28-8-,30-24-/t27-,29+,38-,39-,41+,43-/m1/s1. The summed E-state index contributed by atoms with van der Waals surface area (Å²) in [6.45, 7) is 11.0. The van der Waals surface area contributed by atoms with Crippen LogP contribution in [-0.2, 0) is 35.1 Å². The predicted octanol–water partition coefficient (Wildman–Crippen LogP) is 5.17. The summed E-state index contributed by atoms with van der Waals surface area (Å²) in [5, 5.41) is 17.5. The van der Waals surface area contributed by atoms with Crippen LogP contribution in [0.3, 0.4) is 0 Å². The molecule has 5 N–H and O–H groups in total. The van der Waals surface area contributed by atoms with Gasteiger partial charge in [-0.15, -0.1) is 0 Å². The van der Waals surface area contributed by atoms with Crippen molar-refractivity contribution in [1.82, 2.24) is 15.5 Å². The molecule has 2 aromatic carbocycles. The van der Waals surface area contributed by atoms with E-state index in [1.807, 2.05) is 43.3 Å². The zero-order valence-corrected chi connectivity index (χ0v) is 36.2. The van der Waals surface area contributed by atoms with Gasteiger partial charge in [0.05, 0.1) is 23.6 Å². The van der Waals surface area contributed by atoms with E-state index in [2.05, 4.69) is 20.4 Å². The Bertz CT molecular complexity index is 2100. The molecule has 5 rings (SSSR count). The number of aliphatic hydroxyl groups is 1. The zero-order valence-electron chi connectivity index (χ0n) is 35.5. The fourth-order valence-corrected chi connectivity index (χ4v) is 7.87. The lowest BCUT2D eigenvalue weighted by molar-refractivity contribution is -0.120. The summed E-state index contributed by atoms with van der Waals surface area (Å²) in [5.74, 6) is -3.39. The van der Waals surface area contributed by atoms with Gasteiger partial charge in [0.15, 0.2) is 6.10 Å². The molecular formula is C46H56ClN5O9. The van der Waals surface area contributed by atoms with Crippen LogP contribution in [-0.4, -0.2) is 104 Å². The van der Waals surface area contributed by atoms with Crippen LogP contribution in [0.25, 0.3) is 0 Å². The molecule has 0 radical (unpaired) electrons. The topological polar surface area (TPSA) is 190 Å². The number of amides is 3. The maximum absolute atomic E-state index is 14.1. The molecule has 3 aliphatic rings. The van der Waals surface area contributed by atoms with E-state index in [4.69, 9.17) is 31.5 Å². The van der Waals surface area contributed by atoms with E-state index in [0.717, 1.165) is 43.5 Å². The van der Waals surface area contributed by atoms with Crippen LogP contribution in [0.1, 0.15) is 56.5 Å². The summed E-state index contributed by atoms with van der Waals surface area (Å²) in [6.07, 6.45) is 2.99. The second-order valence-corrected chi connectivity index (χ2v) is 16.3. The monoisotopic (exact) mass is 857 g/mol. The zero-order chi connectivity index (χ0) is 44.4. The molecular weight excluding hydrogens is 802 g/mol. The van der Waals surface area contributed by atoms with Gasteiger partial charge >= 0.3 is 6.09 Å². The number of methoxy groups -OCH3 is 2. The Morgan fingerprint density at radius 3 is 2.26 bits per heavy atom. The normalized spacial score (nSPS) is 27.2. The third kappa shape index (κ3) is 12.4. The lowest BCUT2D eigenvalue weighted by Crippen LogP contribution is -2.45. The molecule has 1 fully saturated rings. The molecule has 6 atom stereocenters. The number of primary amides is 1. The number of carbonyl (C=O) groups is 5. The van der Waals surface area contributed by atoms with Gasteiger partial charge in [-0.05, 0) is 80.1 Å². The molecule has 2 aromatic rings. The van der Waals surface area contributed by atoms with Gasteiger partial charge < -0.3 is 40.6 Å². The Morgan fingerprint density at radius 2 is 1.64 bits per heavy atom. The van der Waals surface area contributed by atoms with Gasteiger partial charge in [-0.25, -0.2) is 4.79 Å². The highest BCUT2D eigenvalue weighted by Crippen LogP contribution is 2.29. The van der Waals surface area contributed by atoms with Gasteiger partial charge in [0, 0.05) is 86.4 Å². The highest BCUT2D eigenvalue weighted by molar-refractivity contribution is 6.30. The van der Waals surface area contributed by atoms with E-state index in [1.54, 1.807) is 38.1 Å². The Morgan fingerprint density at radius 1 is 0.967 bits per heavy atom. The molecule has 1 aliphatic carbocycles. The first-order chi connectivity index (χ1) is 29.1. The molecule has 0 unspecified atom stereocenters. The summed E-state index contributed by atoms with van der Waals surface area (Å²) >= 11 is 6.06. The summed E-state index contributed by atoms with van der Waals surface area (Å²) in [7, 11) is 2.88. The first kappa shape index (κ1) is 46.7. The number of fused-ring (bicyclic) bond motifs is 2. The number of anilines is 1. The highest BCUT2D eigenvalue weighted by atomic mass is 35.5. The molecule has 15 heteroatoms. The minimum atomic E-state index is -1.05. The number of allylic oxidation sites excluding steroid dienone is 4. The molecule has 0 aromatic heterocycles. The van der Waals surface area contributed by atoms with Crippen LogP contribution in [0.2, 0.25) is 5.02 Å². The molecule has 14 nitrogen and oxygen atoms in total. The average molecular weight is 858 g/mol. The van der Waals surface area contributed by atoms with E-state index >= 15 is 0 Å². The number of ketones is 2. The van der Waals surface area contributed by atoms with Crippen molar-refractivity contribution in [2.75, 3.05) is 45.3 Å². The molecule has 2 bridgehead atoms. The molecule has 2 aliphatic heterocycles. The SMILES string of the molecule is CO[C@@H]1/C=C\C=C(\C)C(=O)NC2=CC(=O)C(NC(=O)c3ccc(CN4CCN(c5ccc(Cl)cc5)CC4)cc3)=C(C[C@@H](C)C[C@@H](OC)[C@@H](O)[C@@H](C)/C=C(/C)[C@H]1OC(N)=O)C2=O. The number of piperazine rings is 1. The number of aliphatic hydroxyl groups excluding tert-OH is 1. The second kappa shape index (κ2) is 21.4. The number of Topliss-reactive ketones (excluding diaryl/α,β-unsaturated/α-hetero) is 1. The Labute approximate surface area is 362 Å². The van der Waals surface area contributed by atoms with Crippen molar-refractivity contribution >= 4 is 46.8 Å². The lowest BCUT2D eigenvalue weighted by Gasteiger charge is -2.36. The lowest BCUT2D eigenvalue weighted by atomic mass is 9.85. The van der Waals surface area contributed by atoms with E-state index in [-0.39, 0.29) is 41.3 Å². The Balaban J connectivity index is 1.36. The van der Waals surface area contributed by atoms with Crippen LogP contribution < -0.4 is 21.3 Å². The van der Waals surface area contributed by atoms with Crippen molar-refractivity contribution < 1.29 is 43.3 Å². The second-order valence-electron chi connectivity index (χ2n) is 15.8. The first-order valence-electron chi connectivity index (χ1n) is 20.3. The minimum absolute atomic E-state index is 0.00898. The number of ether oxygens (including phenoxy) is 3. The van der Waals surface area contributed by atoms with Gasteiger partial charge in [0.25, 0.3) is 11.8 Å². The molecule has 0 saturated carbocycles. The third-order valence-corrected chi connectivity index (χ3v) is 11.5. The fourth-order valence-electron chi connectivity index (χ4n) is 7.74. The predicted molar refractivity (Wildman–Crippen MR) is 232 cm³/mol. The Hall–Kier alpha value is -5.38. The summed E-state index contributed by atoms with van der Waals surface area (Å²) in [6, 6.07) is 15.0. The van der Waals surface area contributed by atoms with E-state index in [9.17, 15) is 29.1 Å². The van der Waals surface area contributed by atoms with Crippen LogP contribution in [0.4, 0.5) is 10.5 Å². The minimum Gasteiger partial charge on any atom is -0.439 e. The number of nitrogens with two attached hydrogens (primary N) is 1.